The van der Waals surface area contributed by atoms with Crippen molar-refractivity contribution in [3.05, 3.63) is 48.5 Å². The number of rotatable bonds is 8. The van der Waals surface area contributed by atoms with E-state index in [1.54, 1.807) is 31.4 Å². The Morgan fingerprint density at radius 2 is 1.67 bits per heavy atom. The minimum absolute atomic E-state index is 0.293. The summed E-state index contributed by atoms with van der Waals surface area (Å²) in [4.78, 5) is 26.5. The third-order valence-corrected chi connectivity index (χ3v) is 4.60. The molecular formula is C22H26N2O6. The number of anilines is 2. The molecule has 30 heavy (non-hydrogen) atoms. The van der Waals surface area contributed by atoms with Gasteiger partial charge in [0, 0.05) is 24.5 Å². The number of carbonyl (C=O) groups is 2. The molecule has 1 saturated heterocycles. The highest BCUT2D eigenvalue weighted by Crippen LogP contribution is 2.19. The van der Waals surface area contributed by atoms with E-state index in [9.17, 15) is 9.59 Å². The number of amides is 1. The average Bonchev–Trinajstić information content (AvgIpc) is 2.79. The van der Waals surface area contributed by atoms with Gasteiger partial charge >= 0.3 is 5.97 Å². The number of esters is 1. The van der Waals surface area contributed by atoms with Gasteiger partial charge in [0.15, 0.2) is 12.7 Å². The standard InChI is InChI=1S/C22H26N2O6/c1-16(30-21(25)15-29-20-9-7-19(27-2)8-10-20)22(26)23-17-3-5-18(6-4-17)24-11-13-28-14-12-24/h3-10,16H,11-15H2,1-2H3,(H,23,26)/t16-/m0/s1. The number of methoxy groups -OCH3 is 1. The van der Waals surface area contributed by atoms with E-state index >= 15 is 0 Å². The predicted octanol–water partition coefficient (Wildman–Crippen LogP) is 2.48. The number of carbonyl (C=O) groups excluding carboxylic acids is 2. The summed E-state index contributed by atoms with van der Waals surface area (Å²) < 4.78 is 20.9. The summed E-state index contributed by atoms with van der Waals surface area (Å²) in [7, 11) is 1.57. The van der Waals surface area contributed by atoms with Gasteiger partial charge in [0.1, 0.15) is 11.5 Å². The highest BCUT2D eigenvalue weighted by atomic mass is 16.6. The second-order valence-electron chi connectivity index (χ2n) is 6.73. The maximum atomic E-state index is 12.3. The van der Waals surface area contributed by atoms with Crippen molar-refractivity contribution >= 4 is 23.3 Å². The number of morpholine rings is 1. The molecule has 160 valence electrons. The van der Waals surface area contributed by atoms with Crippen LogP contribution in [0.15, 0.2) is 48.5 Å². The summed E-state index contributed by atoms with van der Waals surface area (Å²) in [6, 6.07) is 14.3. The molecule has 0 saturated carbocycles. The van der Waals surface area contributed by atoms with Crippen LogP contribution in [-0.2, 0) is 19.1 Å². The Hall–Kier alpha value is -3.26. The fourth-order valence-electron chi connectivity index (χ4n) is 2.92. The smallest absolute Gasteiger partial charge is 0.344 e. The Bertz CT molecular complexity index is 832. The Morgan fingerprint density at radius 3 is 2.30 bits per heavy atom. The van der Waals surface area contributed by atoms with Gasteiger partial charge < -0.3 is 29.2 Å². The summed E-state index contributed by atoms with van der Waals surface area (Å²) in [6.45, 7) is 4.34. The van der Waals surface area contributed by atoms with E-state index in [-0.39, 0.29) is 6.61 Å². The first-order valence-corrected chi connectivity index (χ1v) is 9.75. The molecule has 8 heteroatoms. The molecule has 1 aliphatic rings. The largest absolute Gasteiger partial charge is 0.497 e. The first-order valence-electron chi connectivity index (χ1n) is 9.75. The number of ether oxygens (including phenoxy) is 4. The molecule has 0 bridgehead atoms. The molecule has 3 rings (SSSR count). The molecule has 0 aromatic heterocycles. The molecule has 1 heterocycles. The number of nitrogens with zero attached hydrogens (tertiary/aromatic N) is 1. The van der Waals surface area contributed by atoms with Crippen molar-refractivity contribution in [2.45, 2.75) is 13.0 Å². The number of nitrogens with one attached hydrogen (secondary N) is 1. The van der Waals surface area contributed by atoms with E-state index in [1.165, 1.54) is 6.92 Å². The van der Waals surface area contributed by atoms with Crippen LogP contribution in [0, 0.1) is 0 Å². The Labute approximate surface area is 175 Å². The summed E-state index contributed by atoms with van der Waals surface area (Å²) in [5.41, 5.74) is 1.71. The molecule has 1 atom stereocenters. The average molecular weight is 414 g/mol. The lowest BCUT2D eigenvalue weighted by Crippen LogP contribution is -2.36. The zero-order chi connectivity index (χ0) is 21.3. The van der Waals surface area contributed by atoms with E-state index in [0.717, 1.165) is 18.8 Å². The third kappa shape index (κ3) is 6.12. The zero-order valence-electron chi connectivity index (χ0n) is 17.1. The van der Waals surface area contributed by atoms with E-state index in [0.29, 0.717) is 30.4 Å². The summed E-state index contributed by atoms with van der Waals surface area (Å²) in [5.74, 6) is 0.154. The van der Waals surface area contributed by atoms with Gasteiger partial charge in [-0.25, -0.2) is 4.79 Å². The topological polar surface area (TPSA) is 86.3 Å². The molecule has 0 spiro atoms. The molecular weight excluding hydrogens is 388 g/mol. The van der Waals surface area contributed by atoms with Crippen molar-refractivity contribution in [1.29, 1.82) is 0 Å². The lowest BCUT2D eigenvalue weighted by Gasteiger charge is -2.28. The third-order valence-electron chi connectivity index (χ3n) is 4.60. The number of hydrogen-bond acceptors (Lipinski definition) is 7. The monoisotopic (exact) mass is 414 g/mol. The van der Waals surface area contributed by atoms with Crippen LogP contribution in [0.2, 0.25) is 0 Å². The van der Waals surface area contributed by atoms with Crippen LogP contribution in [0.4, 0.5) is 11.4 Å². The highest BCUT2D eigenvalue weighted by Gasteiger charge is 2.19. The van der Waals surface area contributed by atoms with Crippen LogP contribution in [-0.4, -0.2) is 58.0 Å². The van der Waals surface area contributed by atoms with Crippen LogP contribution in [0.25, 0.3) is 0 Å². The molecule has 1 amide bonds. The van der Waals surface area contributed by atoms with E-state index < -0.39 is 18.0 Å². The summed E-state index contributed by atoms with van der Waals surface area (Å²) >= 11 is 0. The van der Waals surface area contributed by atoms with E-state index in [2.05, 4.69) is 10.2 Å². The minimum Gasteiger partial charge on any atom is -0.497 e. The lowest BCUT2D eigenvalue weighted by atomic mass is 10.2. The molecule has 0 unspecified atom stereocenters. The van der Waals surface area contributed by atoms with Crippen LogP contribution in [0.1, 0.15) is 6.92 Å². The van der Waals surface area contributed by atoms with Crippen molar-refractivity contribution in [1.82, 2.24) is 0 Å². The van der Waals surface area contributed by atoms with E-state index in [1.807, 2.05) is 24.3 Å². The number of benzene rings is 2. The van der Waals surface area contributed by atoms with Crippen molar-refractivity contribution in [3.63, 3.8) is 0 Å². The maximum absolute atomic E-state index is 12.3. The first kappa shape index (κ1) is 21.4. The van der Waals surface area contributed by atoms with Gasteiger partial charge in [0.2, 0.25) is 0 Å². The van der Waals surface area contributed by atoms with Crippen LogP contribution < -0.4 is 19.7 Å². The van der Waals surface area contributed by atoms with Crippen LogP contribution in [0.5, 0.6) is 11.5 Å². The highest BCUT2D eigenvalue weighted by molar-refractivity contribution is 5.95. The Balaban J connectivity index is 1.43. The van der Waals surface area contributed by atoms with Gasteiger partial charge in [0.05, 0.1) is 20.3 Å². The lowest BCUT2D eigenvalue weighted by molar-refractivity contribution is -0.155. The Morgan fingerprint density at radius 1 is 1.03 bits per heavy atom. The van der Waals surface area contributed by atoms with Crippen molar-refractivity contribution < 1.29 is 28.5 Å². The molecule has 0 radical (unpaired) electrons. The molecule has 1 fully saturated rings. The second-order valence-corrected chi connectivity index (χ2v) is 6.73. The normalized spacial score (nSPS) is 14.5. The van der Waals surface area contributed by atoms with Gasteiger partial charge in [-0.05, 0) is 55.5 Å². The van der Waals surface area contributed by atoms with Crippen molar-refractivity contribution in [2.75, 3.05) is 50.2 Å². The zero-order valence-corrected chi connectivity index (χ0v) is 17.1. The quantitative estimate of drug-likeness (QED) is 0.664. The molecule has 8 nitrogen and oxygen atoms in total. The van der Waals surface area contributed by atoms with Gasteiger partial charge in [-0.15, -0.1) is 0 Å². The maximum Gasteiger partial charge on any atom is 0.344 e. The Kier molecular flexibility index (Phi) is 7.51. The fourth-order valence-corrected chi connectivity index (χ4v) is 2.92. The minimum atomic E-state index is -0.948. The molecule has 2 aromatic carbocycles. The van der Waals surface area contributed by atoms with Crippen LogP contribution >= 0.6 is 0 Å². The molecule has 1 aliphatic heterocycles. The molecule has 1 N–H and O–H groups in total. The number of hydrogen-bond donors (Lipinski definition) is 1. The molecule has 0 aliphatic carbocycles. The van der Waals surface area contributed by atoms with Gasteiger partial charge in [0.25, 0.3) is 5.91 Å². The fraction of sp³-hybridized carbons (Fsp3) is 0.364. The van der Waals surface area contributed by atoms with E-state index in [4.69, 9.17) is 18.9 Å². The van der Waals surface area contributed by atoms with Crippen molar-refractivity contribution in [3.8, 4) is 11.5 Å². The summed E-state index contributed by atoms with van der Waals surface area (Å²) in [6.07, 6.45) is -0.948. The van der Waals surface area contributed by atoms with Gasteiger partial charge in [-0.3, -0.25) is 4.79 Å². The first-order chi connectivity index (χ1) is 14.5. The predicted molar refractivity (Wildman–Crippen MR) is 112 cm³/mol. The second kappa shape index (κ2) is 10.5. The van der Waals surface area contributed by atoms with Crippen LogP contribution in [0.3, 0.4) is 0 Å². The van der Waals surface area contributed by atoms with Gasteiger partial charge in [-0.1, -0.05) is 0 Å². The summed E-state index contributed by atoms with van der Waals surface area (Å²) in [5, 5.41) is 2.75. The molecule has 2 aromatic rings. The van der Waals surface area contributed by atoms with Crippen molar-refractivity contribution in [2.24, 2.45) is 0 Å². The van der Waals surface area contributed by atoms with Gasteiger partial charge in [-0.2, -0.15) is 0 Å². The SMILES string of the molecule is COc1ccc(OCC(=O)O[C@@H](C)C(=O)Nc2ccc(N3CCOCC3)cc2)cc1.